The van der Waals surface area contributed by atoms with Gasteiger partial charge in [0.15, 0.2) is 0 Å². The number of urea groups is 2. The van der Waals surface area contributed by atoms with Gasteiger partial charge in [-0.15, -0.1) is 11.3 Å². The normalized spacial score (nSPS) is 21.9. The number of imide groups is 1. The second-order valence-corrected chi connectivity index (χ2v) is 9.54. The zero-order valence-electron chi connectivity index (χ0n) is 17.8. The molecule has 2 heterocycles. The Morgan fingerprint density at radius 1 is 1.22 bits per heavy atom. The van der Waals surface area contributed by atoms with Crippen LogP contribution in [0.4, 0.5) is 9.59 Å². The quantitative estimate of drug-likeness (QED) is 0.357. The first-order valence-corrected chi connectivity index (χ1v) is 11.2. The van der Waals surface area contributed by atoms with Crippen LogP contribution in [-0.2, 0) is 29.7 Å². The van der Waals surface area contributed by atoms with Crippen LogP contribution in [0.25, 0.3) is 0 Å². The average molecular weight is 456 g/mol. The third-order valence-electron chi connectivity index (χ3n) is 5.84. The molecule has 168 valence electrons. The molecule has 32 heavy (non-hydrogen) atoms. The molecule has 1 aliphatic heterocycles. The van der Waals surface area contributed by atoms with Crippen molar-refractivity contribution in [2.75, 3.05) is 0 Å². The topological polar surface area (TPSA) is 128 Å². The molecule has 1 aromatic carbocycles. The number of hydrogen-bond donors (Lipinski definition) is 5. The number of thiophene rings is 1. The van der Waals surface area contributed by atoms with Gasteiger partial charge < -0.3 is 10.6 Å². The maximum absolute atomic E-state index is 12.4. The largest absolute Gasteiger partial charge is 0.333 e. The van der Waals surface area contributed by atoms with Crippen molar-refractivity contribution in [1.82, 2.24) is 26.8 Å². The summed E-state index contributed by atoms with van der Waals surface area (Å²) in [6.45, 7) is 4.00. The number of carbonyl (C=O) groups is 4. The standard InChI is InChI=1S/C22H25N5O4S/c1-12-6-7-16-14(8-12)10-17(32-16)18(28)26-27-20(30)23-11-13-4-3-5-15(9-13)22(2)19(29)24-21(31)25-22/h3-5,9-10,12H,6-8,11H2,1-2H3,(H,26,28)(H2,23,27,30)(H2,24,25,29,31). The van der Waals surface area contributed by atoms with Gasteiger partial charge in [0, 0.05) is 11.4 Å². The summed E-state index contributed by atoms with van der Waals surface area (Å²) in [5.41, 5.74) is 6.20. The summed E-state index contributed by atoms with van der Waals surface area (Å²) in [7, 11) is 0. The van der Waals surface area contributed by atoms with Crippen LogP contribution in [-0.4, -0.2) is 23.9 Å². The fourth-order valence-electron chi connectivity index (χ4n) is 3.96. The lowest BCUT2D eigenvalue weighted by molar-refractivity contribution is -0.123. The molecule has 0 saturated carbocycles. The highest BCUT2D eigenvalue weighted by Gasteiger charge is 2.43. The Balaban J connectivity index is 1.30. The molecule has 1 aliphatic carbocycles. The molecule has 0 radical (unpaired) electrons. The minimum Gasteiger partial charge on any atom is -0.333 e. The van der Waals surface area contributed by atoms with Crippen molar-refractivity contribution in [2.45, 2.75) is 45.2 Å². The first-order chi connectivity index (χ1) is 15.2. The van der Waals surface area contributed by atoms with E-state index in [1.807, 2.05) is 6.07 Å². The SMILES string of the molecule is CC1CCc2sc(C(=O)NNC(=O)NCc3cccc(C4(C)NC(=O)NC4=O)c3)cc2C1. The highest BCUT2D eigenvalue weighted by atomic mass is 32.1. The summed E-state index contributed by atoms with van der Waals surface area (Å²) in [6, 6.07) is 7.81. The predicted molar refractivity (Wildman–Crippen MR) is 119 cm³/mol. The highest BCUT2D eigenvalue weighted by Crippen LogP contribution is 2.32. The molecule has 0 bridgehead atoms. The van der Waals surface area contributed by atoms with Crippen molar-refractivity contribution in [3.63, 3.8) is 0 Å². The van der Waals surface area contributed by atoms with Crippen molar-refractivity contribution in [3.8, 4) is 0 Å². The van der Waals surface area contributed by atoms with Crippen LogP contribution in [0.1, 0.15) is 51.5 Å². The third kappa shape index (κ3) is 4.45. The number of fused-ring (bicyclic) bond motifs is 1. The lowest BCUT2D eigenvalue weighted by Crippen LogP contribution is -2.46. The molecule has 9 nitrogen and oxygen atoms in total. The molecule has 4 rings (SSSR count). The highest BCUT2D eigenvalue weighted by molar-refractivity contribution is 7.14. The van der Waals surface area contributed by atoms with E-state index in [0.29, 0.717) is 16.4 Å². The maximum Gasteiger partial charge on any atom is 0.333 e. The van der Waals surface area contributed by atoms with E-state index in [2.05, 4.69) is 33.7 Å². The second kappa shape index (κ2) is 8.62. The van der Waals surface area contributed by atoms with E-state index in [4.69, 9.17) is 0 Å². The summed E-state index contributed by atoms with van der Waals surface area (Å²) in [6.07, 6.45) is 3.11. The van der Waals surface area contributed by atoms with Gasteiger partial charge in [0.25, 0.3) is 11.8 Å². The molecule has 2 unspecified atom stereocenters. The maximum atomic E-state index is 12.4. The summed E-state index contributed by atoms with van der Waals surface area (Å²) in [5.74, 6) is -0.153. The number of hydrazine groups is 1. The predicted octanol–water partition coefficient (Wildman–Crippen LogP) is 2.07. The molecular formula is C22H25N5O4S. The molecular weight excluding hydrogens is 430 g/mol. The van der Waals surface area contributed by atoms with E-state index in [9.17, 15) is 19.2 Å². The summed E-state index contributed by atoms with van der Waals surface area (Å²) >= 11 is 1.47. The molecule has 6 amide bonds. The number of rotatable bonds is 4. The minimum atomic E-state index is -1.17. The molecule has 2 atom stereocenters. The minimum absolute atomic E-state index is 0.173. The smallest absolute Gasteiger partial charge is 0.333 e. The summed E-state index contributed by atoms with van der Waals surface area (Å²) in [4.78, 5) is 50.0. The molecule has 0 spiro atoms. The number of benzene rings is 1. The van der Waals surface area contributed by atoms with Gasteiger partial charge in [-0.25, -0.2) is 15.0 Å². The van der Waals surface area contributed by atoms with Gasteiger partial charge in [-0.3, -0.25) is 20.3 Å². The summed E-state index contributed by atoms with van der Waals surface area (Å²) in [5, 5.41) is 7.50. The molecule has 2 aliphatic rings. The number of carbonyl (C=O) groups excluding carboxylic acids is 4. The number of nitrogens with one attached hydrogen (secondary N) is 5. The van der Waals surface area contributed by atoms with Crippen molar-refractivity contribution in [1.29, 1.82) is 0 Å². The van der Waals surface area contributed by atoms with Crippen LogP contribution in [0.5, 0.6) is 0 Å². The lowest BCUT2D eigenvalue weighted by atomic mass is 9.90. The van der Waals surface area contributed by atoms with E-state index >= 15 is 0 Å². The average Bonchev–Trinajstić information content (AvgIpc) is 3.30. The zero-order valence-corrected chi connectivity index (χ0v) is 18.7. The Morgan fingerprint density at radius 2 is 2.03 bits per heavy atom. The first-order valence-electron chi connectivity index (χ1n) is 10.4. The number of amides is 6. The molecule has 1 aromatic heterocycles. The molecule has 1 fully saturated rings. The van der Waals surface area contributed by atoms with Crippen LogP contribution >= 0.6 is 11.3 Å². The molecule has 2 aromatic rings. The Hall–Kier alpha value is -3.40. The molecule has 5 N–H and O–H groups in total. The van der Waals surface area contributed by atoms with Crippen LogP contribution in [0.2, 0.25) is 0 Å². The van der Waals surface area contributed by atoms with E-state index in [1.165, 1.54) is 21.8 Å². The van der Waals surface area contributed by atoms with Gasteiger partial charge in [0.1, 0.15) is 5.54 Å². The Bertz CT molecular complexity index is 1100. The van der Waals surface area contributed by atoms with Crippen LogP contribution in [0.15, 0.2) is 30.3 Å². The van der Waals surface area contributed by atoms with Gasteiger partial charge >= 0.3 is 12.1 Å². The molecule has 10 heteroatoms. The van der Waals surface area contributed by atoms with Crippen molar-refractivity contribution >= 4 is 35.2 Å². The second-order valence-electron chi connectivity index (χ2n) is 8.40. The van der Waals surface area contributed by atoms with E-state index in [1.54, 1.807) is 31.2 Å². The van der Waals surface area contributed by atoms with E-state index in [0.717, 1.165) is 24.8 Å². The van der Waals surface area contributed by atoms with E-state index in [-0.39, 0.29) is 12.5 Å². The third-order valence-corrected chi connectivity index (χ3v) is 7.08. The van der Waals surface area contributed by atoms with Crippen LogP contribution in [0.3, 0.4) is 0 Å². The van der Waals surface area contributed by atoms with Gasteiger partial charge in [0.05, 0.1) is 4.88 Å². The Kier molecular flexibility index (Phi) is 5.88. The fraction of sp³-hybridized carbons (Fsp3) is 0.364. The Labute approximate surface area is 189 Å². The van der Waals surface area contributed by atoms with Crippen molar-refractivity contribution < 1.29 is 19.2 Å². The van der Waals surface area contributed by atoms with Crippen molar-refractivity contribution in [3.05, 3.63) is 56.8 Å². The lowest BCUT2D eigenvalue weighted by Gasteiger charge is -2.21. The van der Waals surface area contributed by atoms with Gasteiger partial charge in [0.2, 0.25) is 0 Å². The monoisotopic (exact) mass is 455 g/mol. The van der Waals surface area contributed by atoms with Crippen LogP contribution < -0.4 is 26.8 Å². The van der Waals surface area contributed by atoms with Gasteiger partial charge in [-0.2, -0.15) is 0 Å². The number of hydrogen-bond acceptors (Lipinski definition) is 5. The molecule has 1 saturated heterocycles. The van der Waals surface area contributed by atoms with E-state index < -0.39 is 23.5 Å². The first kappa shape index (κ1) is 21.8. The fourth-order valence-corrected chi connectivity index (χ4v) is 5.06. The zero-order chi connectivity index (χ0) is 22.9. The van der Waals surface area contributed by atoms with Gasteiger partial charge in [-0.05, 0) is 54.9 Å². The summed E-state index contributed by atoms with van der Waals surface area (Å²) < 4.78 is 0. The van der Waals surface area contributed by atoms with Crippen LogP contribution in [0, 0.1) is 5.92 Å². The Morgan fingerprint density at radius 3 is 2.78 bits per heavy atom. The number of aryl methyl sites for hydroxylation is 1. The van der Waals surface area contributed by atoms with Gasteiger partial charge in [-0.1, -0.05) is 31.2 Å². The van der Waals surface area contributed by atoms with Crippen molar-refractivity contribution in [2.24, 2.45) is 5.92 Å².